The molecule has 0 saturated carbocycles. The van der Waals surface area contributed by atoms with Crippen LogP contribution in [-0.2, 0) is 4.74 Å². The zero-order chi connectivity index (χ0) is 16.9. The Labute approximate surface area is 139 Å². The minimum absolute atomic E-state index is 0.0854. The van der Waals surface area contributed by atoms with Gasteiger partial charge in [-0.15, -0.1) is 0 Å². The van der Waals surface area contributed by atoms with E-state index in [1.54, 1.807) is 18.2 Å². The van der Waals surface area contributed by atoms with Crippen molar-refractivity contribution in [2.45, 2.75) is 0 Å². The lowest BCUT2D eigenvalue weighted by atomic mass is 10.2. The molecule has 7 nitrogen and oxygen atoms in total. The van der Waals surface area contributed by atoms with E-state index in [2.05, 4.69) is 5.32 Å². The summed E-state index contributed by atoms with van der Waals surface area (Å²) in [5.74, 6) is -0.188. The number of hydrogen-bond acceptors (Lipinski definition) is 5. The second kappa shape index (κ2) is 7.46. The number of fused-ring (bicyclic) bond motifs is 1. The van der Waals surface area contributed by atoms with Crippen LogP contribution >= 0.6 is 0 Å². The topological polar surface area (TPSA) is 86.8 Å². The predicted octanol–water partition coefficient (Wildman–Crippen LogP) is -1.58. The molecule has 1 saturated heterocycles. The van der Waals surface area contributed by atoms with Gasteiger partial charge in [-0.2, -0.15) is 0 Å². The molecular formula is C17H22N2O5+2. The number of ether oxygens (including phenoxy) is 2. The molecule has 1 fully saturated rings. The Hall–Kier alpha value is -2.38. The summed E-state index contributed by atoms with van der Waals surface area (Å²) >= 11 is 0. The molecule has 0 spiro atoms. The van der Waals surface area contributed by atoms with Gasteiger partial charge >= 0.3 is 11.6 Å². The fourth-order valence-corrected chi connectivity index (χ4v) is 2.92. The fourth-order valence-electron chi connectivity index (χ4n) is 2.92. The van der Waals surface area contributed by atoms with Gasteiger partial charge in [-0.3, -0.25) is 0 Å². The molecule has 1 aliphatic rings. The molecule has 24 heavy (non-hydrogen) atoms. The largest absolute Gasteiger partial charge is 0.493 e. The Morgan fingerprint density at radius 1 is 1.33 bits per heavy atom. The lowest BCUT2D eigenvalue weighted by Gasteiger charge is -2.21. The van der Waals surface area contributed by atoms with Crippen molar-refractivity contribution < 1.29 is 28.9 Å². The van der Waals surface area contributed by atoms with Crippen LogP contribution in [0.25, 0.3) is 11.0 Å². The Morgan fingerprint density at radius 3 is 2.88 bits per heavy atom. The first-order valence-corrected chi connectivity index (χ1v) is 8.12. The van der Waals surface area contributed by atoms with E-state index in [1.165, 1.54) is 18.1 Å². The van der Waals surface area contributed by atoms with E-state index in [-0.39, 0.29) is 5.56 Å². The number of carbonyl (C=O) groups is 1. The van der Waals surface area contributed by atoms with Gasteiger partial charge in [0, 0.05) is 5.39 Å². The van der Waals surface area contributed by atoms with E-state index in [4.69, 9.17) is 13.9 Å². The lowest BCUT2D eigenvalue weighted by Crippen LogP contribution is -3.20. The number of hydrogen-bond donors (Lipinski definition) is 2. The summed E-state index contributed by atoms with van der Waals surface area (Å²) in [7, 11) is 1.50. The molecule has 2 aromatic rings. The number of methoxy groups -OCH3 is 1. The summed E-state index contributed by atoms with van der Waals surface area (Å²) in [6, 6.07) is 6.72. The zero-order valence-electron chi connectivity index (χ0n) is 13.7. The lowest BCUT2D eigenvalue weighted by molar-refractivity contribution is -0.946. The maximum absolute atomic E-state index is 12.2. The molecule has 0 bridgehead atoms. The molecule has 1 aromatic heterocycles. The number of para-hydroxylation sites is 1. The van der Waals surface area contributed by atoms with Crippen molar-refractivity contribution >= 4 is 16.9 Å². The van der Waals surface area contributed by atoms with E-state index in [0.29, 0.717) is 23.3 Å². The summed E-state index contributed by atoms with van der Waals surface area (Å²) in [5.41, 5.74) is -0.467. The van der Waals surface area contributed by atoms with Gasteiger partial charge in [0.25, 0.3) is 0 Å². The summed E-state index contributed by atoms with van der Waals surface area (Å²) in [6.07, 6.45) is 0. The Kier molecular flexibility index (Phi) is 5.12. The van der Waals surface area contributed by atoms with Crippen molar-refractivity contribution in [3.8, 4) is 5.75 Å². The van der Waals surface area contributed by atoms with Crippen molar-refractivity contribution in [1.29, 1.82) is 0 Å². The Morgan fingerprint density at radius 2 is 2.12 bits per heavy atom. The van der Waals surface area contributed by atoms with Crippen molar-refractivity contribution in [1.82, 2.24) is 0 Å². The van der Waals surface area contributed by atoms with Crippen molar-refractivity contribution in [2.75, 3.05) is 46.4 Å². The van der Waals surface area contributed by atoms with Gasteiger partial charge < -0.3 is 24.1 Å². The first kappa shape index (κ1) is 16.5. The van der Waals surface area contributed by atoms with Gasteiger partial charge in [0.15, 0.2) is 11.3 Å². The van der Waals surface area contributed by atoms with Crippen LogP contribution in [0.4, 0.5) is 0 Å². The number of nitrogens with one attached hydrogen (secondary N) is 1. The third kappa shape index (κ3) is 3.58. The van der Waals surface area contributed by atoms with Crippen LogP contribution in [0.1, 0.15) is 10.4 Å². The minimum Gasteiger partial charge on any atom is -0.493 e. The van der Waals surface area contributed by atoms with E-state index in [0.717, 1.165) is 32.7 Å². The monoisotopic (exact) mass is 334 g/mol. The standard InChI is InChI=1S/C17H20N2O5/c1-22-14-4-2-3-12-11-13(17(21)24-15(12)14)16(20)23-10-9-19-7-5-18-6-8-19/h2-4,11,18H,5-10H2,1H3/p+2. The van der Waals surface area contributed by atoms with Gasteiger partial charge in [-0.1, -0.05) is 12.1 Å². The molecule has 128 valence electrons. The molecule has 2 heterocycles. The zero-order valence-corrected chi connectivity index (χ0v) is 13.7. The normalized spacial score (nSPS) is 15.4. The number of carbonyl (C=O) groups excluding carboxylic acids is 1. The third-order valence-corrected chi connectivity index (χ3v) is 4.26. The summed E-state index contributed by atoms with van der Waals surface area (Å²) < 4.78 is 15.7. The van der Waals surface area contributed by atoms with Gasteiger partial charge in [0.1, 0.15) is 44.9 Å². The second-order valence-corrected chi connectivity index (χ2v) is 5.83. The van der Waals surface area contributed by atoms with Crippen LogP contribution in [0.2, 0.25) is 0 Å². The van der Waals surface area contributed by atoms with Gasteiger partial charge in [0.05, 0.1) is 7.11 Å². The van der Waals surface area contributed by atoms with E-state index < -0.39 is 11.6 Å². The van der Waals surface area contributed by atoms with Crippen molar-refractivity contribution in [3.63, 3.8) is 0 Å². The summed E-state index contributed by atoms with van der Waals surface area (Å²) in [6.45, 7) is 5.37. The predicted molar refractivity (Wildman–Crippen MR) is 86.5 cm³/mol. The van der Waals surface area contributed by atoms with Crippen LogP contribution in [0.15, 0.2) is 33.5 Å². The Bertz CT molecular complexity index is 780. The van der Waals surface area contributed by atoms with Gasteiger partial charge in [-0.05, 0) is 12.1 Å². The summed E-state index contributed by atoms with van der Waals surface area (Å²) in [5, 5.41) is 2.91. The molecule has 0 aliphatic carbocycles. The van der Waals surface area contributed by atoms with Crippen LogP contribution in [0.5, 0.6) is 5.75 Å². The molecule has 0 radical (unpaired) electrons. The highest BCUT2D eigenvalue weighted by Gasteiger charge is 2.19. The maximum atomic E-state index is 12.2. The number of rotatable bonds is 5. The smallest absolute Gasteiger partial charge is 0.351 e. The first-order valence-electron chi connectivity index (χ1n) is 8.12. The third-order valence-electron chi connectivity index (χ3n) is 4.26. The van der Waals surface area contributed by atoms with Crippen LogP contribution < -0.4 is 20.6 Å². The molecule has 0 unspecified atom stereocenters. The number of nitrogens with two attached hydrogens (primary N) is 1. The van der Waals surface area contributed by atoms with Crippen LogP contribution in [0, 0.1) is 0 Å². The number of piperazine rings is 1. The highest BCUT2D eigenvalue weighted by atomic mass is 16.5. The van der Waals surface area contributed by atoms with Crippen LogP contribution in [0.3, 0.4) is 0 Å². The van der Waals surface area contributed by atoms with E-state index in [1.807, 2.05) is 0 Å². The molecule has 7 heteroatoms. The SMILES string of the molecule is COc1cccc2cc(C(=O)OCC[NH+]3CC[NH2+]CC3)c(=O)oc12. The highest BCUT2D eigenvalue weighted by molar-refractivity contribution is 5.93. The van der Waals surface area contributed by atoms with Crippen molar-refractivity contribution in [3.05, 3.63) is 40.2 Å². The molecule has 0 atom stereocenters. The van der Waals surface area contributed by atoms with Crippen molar-refractivity contribution in [2.24, 2.45) is 0 Å². The fraction of sp³-hybridized carbons (Fsp3) is 0.412. The number of quaternary nitrogens is 2. The highest BCUT2D eigenvalue weighted by Crippen LogP contribution is 2.24. The van der Waals surface area contributed by atoms with E-state index >= 15 is 0 Å². The van der Waals surface area contributed by atoms with Gasteiger partial charge in [0.2, 0.25) is 0 Å². The number of esters is 1. The summed E-state index contributed by atoms with van der Waals surface area (Å²) in [4.78, 5) is 25.7. The van der Waals surface area contributed by atoms with E-state index in [9.17, 15) is 9.59 Å². The first-order chi connectivity index (χ1) is 11.7. The average Bonchev–Trinajstić information content (AvgIpc) is 2.61. The van der Waals surface area contributed by atoms with Crippen LogP contribution in [-0.4, -0.2) is 52.4 Å². The maximum Gasteiger partial charge on any atom is 0.351 e. The quantitative estimate of drug-likeness (QED) is 0.509. The number of benzene rings is 1. The molecule has 1 aromatic carbocycles. The second-order valence-electron chi connectivity index (χ2n) is 5.83. The Balaban J connectivity index is 1.70. The molecule has 0 amide bonds. The average molecular weight is 334 g/mol. The molecule has 3 N–H and O–H groups in total. The minimum atomic E-state index is -0.711. The molecular weight excluding hydrogens is 312 g/mol. The molecule has 3 rings (SSSR count). The molecule has 1 aliphatic heterocycles. The van der Waals surface area contributed by atoms with Gasteiger partial charge in [-0.25, -0.2) is 9.59 Å².